The molecule has 3 aromatic rings. The monoisotopic (exact) mass is 458 g/mol. The molecule has 0 aromatic heterocycles. The maximum atomic E-state index is 13.6. The van der Waals surface area contributed by atoms with Crippen LogP contribution in [0.3, 0.4) is 0 Å². The Bertz CT molecular complexity index is 1220. The van der Waals surface area contributed by atoms with Gasteiger partial charge in [0.05, 0.1) is 5.57 Å². The zero-order chi connectivity index (χ0) is 23.5. The first kappa shape index (κ1) is 22.8. The average Bonchev–Trinajstić information content (AvgIpc) is 3.04. The number of aryl methyl sites for hydroxylation is 2. The molecule has 0 bridgehead atoms. The zero-order valence-corrected chi connectivity index (χ0v) is 19.9. The summed E-state index contributed by atoms with van der Waals surface area (Å²) in [5.74, 6) is -0.488. The predicted octanol–water partition coefficient (Wildman–Crippen LogP) is 5.41. The molecule has 0 saturated heterocycles. The fraction of sp³-hybridized carbons (Fsp3) is 0.214. The van der Waals surface area contributed by atoms with Crippen LogP contribution in [-0.4, -0.2) is 35.2 Å². The van der Waals surface area contributed by atoms with E-state index in [2.05, 4.69) is 0 Å². The number of imide groups is 1. The lowest BCUT2D eigenvalue weighted by molar-refractivity contribution is -0.137. The summed E-state index contributed by atoms with van der Waals surface area (Å²) in [6.07, 6.45) is 0.574. The Hall–Kier alpha value is -3.37. The largest absolute Gasteiger partial charge is 0.365 e. The normalized spacial score (nSPS) is 13.8. The first-order valence-electron chi connectivity index (χ1n) is 11.0. The molecule has 1 aliphatic rings. The van der Waals surface area contributed by atoms with E-state index < -0.39 is 0 Å². The minimum atomic E-state index is -0.248. The molecule has 0 saturated carbocycles. The number of hydrogen-bond acceptors (Lipinski definition) is 3. The van der Waals surface area contributed by atoms with Crippen LogP contribution in [0.25, 0.3) is 5.57 Å². The van der Waals surface area contributed by atoms with Crippen molar-refractivity contribution in [2.45, 2.75) is 26.8 Å². The van der Waals surface area contributed by atoms with Gasteiger partial charge in [0.15, 0.2) is 0 Å². The second-order valence-corrected chi connectivity index (χ2v) is 8.96. The summed E-state index contributed by atoms with van der Waals surface area (Å²) >= 11 is 5.99. The molecule has 3 aromatic carbocycles. The van der Waals surface area contributed by atoms with E-state index in [4.69, 9.17) is 11.6 Å². The Morgan fingerprint density at radius 1 is 0.848 bits per heavy atom. The summed E-state index contributed by atoms with van der Waals surface area (Å²) in [6, 6.07) is 23.4. The zero-order valence-electron chi connectivity index (χ0n) is 19.1. The molecule has 0 aliphatic carbocycles. The number of benzene rings is 3. The number of likely N-dealkylation sites (N-methyl/N-ethyl adjacent to an activating group) is 1. The lowest BCUT2D eigenvalue weighted by Gasteiger charge is -2.22. The van der Waals surface area contributed by atoms with Gasteiger partial charge >= 0.3 is 0 Å². The minimum absolute atomic E-state index is 0.240. The van der Waals surface area contributed by atoms with E-state index in [9.17, 15) is 9.59 Å². The van der Waals surface area contributed by atoms with E-state index in [0.29, 0.717) is 35.8 Å². The van der Waals surface area contributed by atoms with Gasteiger partial charge in [-0.15, -0.1) is 0 Å². The van der Waals surface area contributed by atoms with Gasteiger partial charge in [0, 0.05) is 25.2 Å². The highest BCUT2D eigenvalue weighted by Gasteiger charge is 2.40. The van der Waals surface area contributed by atoms with Gasteiger partial charge in [0.25, 0.3) is 11.8 Å². The van der Waals surface area contributed by atoms with E-state index in [1.165, 1.54) is 4.90 Å². The molecule has 4 rings (SSSR count). The fourth-order valence-electron chi connectivity index (χ4n) is 4.29. The molecule has 0 N–H and O–H groups in total. The van der Waals surface area contributed by atoms with Crippen LogP contribution in [0.5, 0.6) is 0 Å². The summed E-state index contributed by atoms with van der Waals surface area (Å²) in [4.78, 5) is 30.4. The van der Waals surface area contributed by atoms with Crippen LogP contribution < -0.4 is 0 Å². The molecule has 4 nitrogen and oxygen atoms in total. The molecule has 2 amide bonds. The maximum absolute atomic E-state index is 13.6. The minimum Gasteiger partial charge on any atom is -0.365 e. The van der Waals surface area contributed by atoms with E-state index in [1.54, 1.807) is 0 Å². The van der Waals surface area contributed by atoms with Crippen molar-refractivity contribution < 1.29 is 9.59 Å². The van der Waals surface area contributed by atoms with Gasteiger partial charge in [-0.2, -0.15) is 0 Å². The van der Waals surface area contributed by atoms with E-state index in [0.717, 1.165) is 27.8 Å². The van der Waals surface area contributed by atoms with Gasteiger partial charge < -0.3 is 4.90 Å². The Morgan fingerprint density at radius 3 is 2.21 bits per heavy atom. The standard InChI is InChI=1S/C28H27ClN2O2/c1-19-9-14-24(20(2)17-19)25-26(30(3)18-22-7-5-4-6-8-22)28(33)31(27(25)32)16-15-21-10-12-23(29)13-11-21/h4-14,17H,15-16,18H2,1-3H3. The molecular weight excluding hydrogens is 432 g/mol. The lowest BCUT2D eigenvalue weighted by atomic mass is 9.97. The molecule has 0 unspecified atom stereocenters. The van der Waals surface area contributed by atoms with Gasteiger partial charge in [-0.1, -0.05) is 77.8 Å². The van der Waals surface area contributed by atoms with E-state index in [1.807, 2.05) is 98.6 Å². The molecule has 1 aliphatic heterocycles. The van der Waals surface area contributed by atoms with Gasteiger partial charge in [0.2, 0.25) is 0 Å². The van der Waals surface area contributed by atoms with Crippen LogP contribution in [0.4, 0.5) is 0 Å². The number of carbonyl (C=O) groups excluding carboxylic acids is 2. The van der Waals surface area contributed by atoms with Crippen LogP contribution in [0.2, 0.25) is 5.02 Å². The van der Waals surface area contributed by atoms with Gasteiger partial charge in [0.1, 0.15) is 5.70 Å². The van der Waals surface area contributed by atoms with Crippen LogP contribution in [0.1, 0.15) is 27.8 Å². The Morgan fingerprint density at radius 2 is 1.55 bits per heavy atom. The van der Waals surface area contributed by atoms with Crippen molar-refractivity contribution in [3.8, 4) is 0 Å². The number of carbonyl (C=O) groups is 2. The Labute approximate surface area is 200 Å². The third-order valence-corrected chi connectivity index (χ3v) is 6.23. The summed E-state index contributed by atoms with van der Waals surface area (Å²) < 4.78 is 0. The molecule has 0 radical (unpaired) electrons. The Balaban J connectivity index is 1.68. The van der Waals surface area contributed by atoms with E-state index in [-0.39, 0.29) is 11.8 Å². The molecule has 33 heavy (non-hydrogen) atoms. The van der Waals surface area contributed by atoms with Crippen LogP contribution in [0.15, 0.2) is 78.5 Å². The number of rotatable bonds is 7. The number of nitrogens with zero attached hydrogens (tertiary/aromatic N) is 2. The SMILES string of the molecule is Cc1ccc(C2=C(N(C)Cc3ccccc3)C(=O)N(CCc3ccc(Cl)cc3)C2=O)c(C)c1. The van der Waals surface area contributed by atoms with E-state index >= 15 is 0 Å². The predicted molar refractivity (Wildman–Crippen MR) is 133 cm³/mol. The molecular formula is C28H27ClN2O2. The topological polar surface area (TPSA) is 40.6 Å². The van der Waals surface area contributed by atoms with Crippen molar-refractivity contribution in [2.24, 2.45) is 0 Å². The highest BCUT2D eigenvalue weighted by atomic mass is 35.5. The molecule has 5 heteroatoms. The summed E-state index contributed by atoms with van der Waals surface area (Å²) in [5, 5.41) is 0.663. The van der Waals surface area contributed by atoms with Crippen molar-refractivity contribution in [3.63, 3.8) is 0 Å². The average molecular weight is 459 g/mol. The summed E-state index contributed by atoms with van der Waals surface area (Å²) in [5.41, 5.74) is 5.94. The van der Waals surface area contributed by atoms with Gasteiger partial charge in [-0.25, -0.2) is 0 Å². The van der Waals surface area contributed by atoms with Crippen molar-refractivity contribution in [2.75, 3.05) is 13.6 Å². The lowest BCUT2D eigenvalue weighted by Crippen LogP contribution is -2.35. The molecule has 1 heterocycles. The van der Waals surface area contributed by atoms with Crippen molar-refractivity contribution in [1.29, 1.82) is 0 Å². The second kappa shape index (κ2) is 9.63. The van der Waals surface area contributed by atoms with Crippen LogP contribution in [0, 0.1) is 13.8 Å². The smallest absolute Gasteiger partial charge is 0.277 e. The van der Waals surface area contributed by atoms with Gasteiger partial charge in [-0.3, -0.25) is 14.5 Å². The maximum Gasteiger partial charge on any atom is 0.277 e. The van der Waals surface area contributed by atoms with Crippen molar-refractivity contribution >= 4 is 29.0 Å². The molecule has 0 atom stereocenters. The highest BCUT2D eigenvalue weighted by Crippen LogP contribution is 2.34. The summed E-state index contributed by atoms with van der Waals surface area (Å²) in [7, 11) is 1.87. The number of hydrogen-bond donors (Lipinski definition) is 0. The quantitative estimate of drug-likeness (QED) is 0.444. The van der Waals surface area contributed by atoms with Crippen molar-refractivity contribution in [1.82, 2.24) is 9.80 Å². The molecule has 0 spiro atoms. The molecule has 168 valence electrons. The molecule has 0 fully saturated rings. The van der Waals surface area contributed by atoms with Crippen LogP contribution >= 0.6 is 11.6 Å². The van der Waals surface area contributed by atoms with Crippen LogP contribution in [-0.2, 0) is 22.6 Å². The third-order valence-electron chi connectivity index (χ3n) is 5.98. The first-order chi connectivity index (χ1) is 15.8. The van der Waals surface area contributed by atoms with Gasteiger partial charge in [-0.05, 0) is 54.7 Å². The number of halogens is 1. The fourth-order valence-corrected chi connectivity index (χ4v) is 4.41. The summed E-state index contributed by atoms with van der Waals surface area (Å²) in [6.45, 7) is 4.86. The number of amides is 2. The highest BCUT2D eigenvalue weighted by molar-refractivity contribution is 6.35. The second-order valence-electron chi connectivity index (χ2n) is 8.52. The third kappa shape index (κ3) is 4.86. The first-order valence-corrected chi connectivity index (χ1v) is 11.4. The van der Waals surface area contributed by atoms with Crippen molar-refractivity contribution in [3.05, 3.63) is 111 Å². The Kier molecular flexibility index (Phi) is 6.66.